The molecule has 2 heteroatoms. The quantitative estimate of drug-likeness (QED) is 0.821. The molecule has 0 aliphatic carbocycles. The monoisotopic (exact) mass is 265 g/mol. The van der Waals surface area contributed by atoms with Gasteiger partial charge in [-0.3, -0.25) is 0 Å². The number of fused-ring (bicyclic) bond motifs is 2. The van der Waals surface area contributed by atoms with E-state index in [1.54, 1.807) is 0 Å². The number of piperidine rings is 1. The predicted octanol–water partition coefficient (Wildman–Crippen LogP) is 3.45. The Labute approximate surface area is 99.4 Å². The topological polar surface area (TPSA) is 12.0 Å². The van der Waals surface area contributed by atoms with Gasteiger partial charge in [-0.2, -0.15) is 0 Å². The van der Waals surface area contributed by atoms with E-state index in [1.807, 2.05) is 0 Å². The van der Waals surface area contributed by atoms with Gasteiger partial charge >= 0.3 is 0 Å². The van der Waals surface area contributed by atoms with Crippen LogP contribution in [0.25, 0.3) is 0 Å². The zero-order valence-electron chi connectivity index (χ0n) is 8.75. The Balaban J connectivity index is 1.80. The van der Waals surface area contributed by atoms with Gasteiger partial charge in [0, 0.05) is 16.6 Å². The molecule has 0 spiro atoms. The Kier molecular flexibility index (Phi) is 2.57. The average molecular weight is 266 g/mol. The smallest absolute Gasteiger partial charge is 0.0175 e. The van der Waals surface area contributed by atoms with Crippen molar-refractivity contribution in [2.75, 3.05) is 0 Å². The zero-order chi connectivity index (χ0) is 10.3. The Morgan fingerprint density at radius 1 is 1.00 bits per heavy atom. The van der Waals surface area contributed by atoms with E-state index in [0.29, 0.717) is 0 Å². The lowest BCUT2D eigenvalue weighted by Gasteiger charge is -2.29. The van der Waals surface area contributed by atoms with Crippen LogP contribution in [0.5, 0.6) is 0 Å². The largest absolute Gasteiger partial charge is 0.311 e. The second-order valence-electron chi connectivity index (χ2n) is 4.86. The van der Waals surface area contributed by atoms with Crippen molar-refractivity contribution in [3.05, 3.63) is 34.3 Å². The van der Waals surface area contributed by atoms with Crippen LogP contribution in [0.3, 0.4) is 0 Å². The second-order valence-corrected chi connectivity index (χ2v) is 5.77. The molecule has 1 nitrogen and oxygen atoms in total. The first-order chi connectivity index (χ1) is 7.31. The van der Waals surface area contributed by atoms with Crippen LogP contribution in [0.15, 0.2) is 28.7 Å². The van der Waals surface area contributed by atoms with Gasteiger partial charge in [0.2, 0.25) is 0 Å². The summed E-state index contributed by atoms with van der Waals surface area (Å²) in [7, 11) is 0. The number of hydrogen-bond donors (Lipinski definition) is 1. The number of halogens is 1. The second kappa shape index (κ2) is 3.91. The van der Waals surface area contributed by atoms with Crippen molar-refractivity contribution in [1.82, 2.24) is 5.32 Å². The van der Waals surface area contributed by atoms with E-state index >= 15 is 0 Å². The molecule has 0 saturated carbocycles. The molecule has 0 radical (unpaired) electrons. The molecule has 1 N–H and O–H groups in total. The zero-order valence-corrected chi connectivity index (χ0v) is 10.3. The Bertz CT molecular complexity index is 334. The fourth-order valence-corrected chi connectivity index (χ4v) is 3.33. The summed E-state index contributed by atoms with van der Waals surface area (Å²) < 4.78 is 1.18. The van der Waals surface area contributed by atoms with E-state index in [9.17, 15) is 0 Å². The van der Waals surface area contributed by atoms with Gasteiger partial charge in [-0.25, -0.2) is 0 Å². The van der Waals surface area contributed by atoms with Gasteiger partial charge in [0.25, 0.3) is 0 Å². The van der Waals surface area contributed by atoms with Gasteiger partial charge in [-0.05, 0) is 49.3 Å². The van der Waals surface area contributed by atoms with Crippen LogP contribution < -0.4 is 5.32 Å². The van der Waals surface area contributed by atoms with Gasteiger partial charge in [-0.1, -0.05) is 28.1 Å². The lowest BCUT2D eigenvalue weighted by molar-refractivity contribution is 0.363. The fourth-order valence-electron chi connectivity index (χ4n) is 3.06. The summed E-state index contributed by atoms with van der Waals surface area (Å²) in [6.07, 6.45) is 5.44. The minimum Gasteiger partial charge on any atom is -0.311 e. The Morgan fingerprint density at radius 2 is 1.60 bits per heavy atom. The van der Waals surface area contributed by atoms with Crippen molar-refractivity contribution < 1.29 is 0 Å². The highest BCUT2D eigenvalue weighted by Crippen LogP contribution is 2.37. The van der Waals surface area contributed by atoms with Crippen molar-refractivity contribution in [3.8, 4) is 0 Å². The Hall–Kier alpha value is -0.340. The van der Waals surface area contributed by atoms with Gasteiger partial charge < -0.3 is 5.32 Å². The molecular weight excluding hydrogens is 250 g/mol. The molecule has 1 aromatic carbocycles. The summed E-state index contributed by atoms with van der Waals surface area (Å²) in [5, 5.41) is 3.69. The van der Waals surface area contributed by atoms with Crippen LogP contribution in [0.1, 0.15) is 37.2 Å². The molecule has 2 bridgehead atoms. The van der Waals surface area contributed by atoms with Gasteiger partial charge in [-0.15, -0.1) is 0 Å². The van der Waals surface area contributed by atoms with Crippen molar-refractivity contribution in [3.63, 3.8) is 0 Å². The molecule has 2 aliphatic heterocycles. The maximum atomic E-state index is 3.69. The third kappa shape index (κ3) is 1.98. The molecule has 2 fully saturated rings. The molecule has 2 atom stereocenters. The van der Waals surface area contributed by atoms with Crippen LogP contribution >= 0.6 is 15.9 Å². The minimum absolute atomic E-state index is 0.789. The molecule has 2 saturated heterocycles. The summed E-state index contributed by atoms with van der Waals surface area (Å²) in [5.74, 6) is 0.789. The average Bonchev–Trinajstić information content (AvgIpc) is 2.59. The summed E-state index contributed by atoms with van der Waals surface area (Å²) in [6, 6.07) is 10.5. The maximum Gasteiger partial charge on any atom is 0.0175 e. The molecule has 2 heterocycles. The summed E-state index contributed by atoms with van der Waals surface area (Å²) >= 11 is 3.49. The number of benzene rings is 1. The molecule has 15 heavy (non-hydrogen) atoms. The van der Waals surface area contributed by atoms with E-state index < -0.39 is 0 Å². The number of hydrogen-bond acceptors (Lipinski definition) is 1. The van der Waals surface area contributed by atoms with Crippen LogP contribution in [-0.2, 0) is 0 Å². The number of nitrogens with one attached hydrogen (secondary N) is 1. The predicted molar refractivity (Wildman–Crippen MR) is 66.1 cm³/mol. The first-order valence-electron chi connectivity index (χ1n) is 5.83. The first-order valence-corrected chi connectivity index (χ1v) is 6.62. The van der Waals surface area contributed by atoms with Crippen LogP contribution in [0.2, 0.25) is 0 Å². The lowest BCUT2D eigenvalue weighted by atomic mass is 9.86. The molecule has 3 rings (SSSR count). The highest BCUT2D eigenvalue weighted by Gasteiger charge is 2.33. The highest BCUT2D eigenvalue weighted by atomic mass is 79.9. The van der Waals surface area contributed by atoms with Crippen molar-refractivity contribution in [1.29, 1.82) is 0 Å². The van der Waals surface area contributed by atoms with E-state index in [2.05, 4.69) is 45.5 Å². The standard InChI is InChI=1S/C13H16BrN/c14-11-3-1-9(2-4-11)10-7-12-5-6-13(8-10)15-12/h1-4,10,12-13,15H,5-8H2. The van der Waals surface area contributed by atoms with E-state index in [4.69, 9.17) is 0 Å². The van der Waals surface area contributed by atoms with Crippen LogP contribution in [0.4, 0.5) is 0 Å². The molecule has 2 unspecified atom stereocenters. The summed E-state index contributed by atoms with van der Waals surface area (Å²) in [4.78, 5) is 0. The Morgan fingerprint density at radius 3 is 2.20 bits per heavy atom. The van der Waals surface area contributed by atoms with Crippen molar-refractivity contribution >= 4 is 15.9 Å². The molecular formula is C13H16BrN. The molecule has 0 amide bonds. The lowest BCUT2D eigenvalue weighted by Crippen LogP contribution is -2.37. The minimum atomic E-state index is 0.789. The highest BCUT2D eigenvalue weighted by molar-refractivity contribution is 9.10. The van der Waals surface area contributed by atoms with Crippen LogP contribution in [-0.4, -0.2) is 12.1 Å². The molecule has 1 aromatic rings. The SMILES string of the molecule is Brc1ccc(C2CC3CCC(C2)N3)cc1. The van der Waals surface area contributed by atoms with Gasteiger partial charge in [0.15, 0.2) is 0 Å². The third-order valence-corrected chi connectivity index (χ3v) is 4.34. The molecule has 2 aliphatic rings. The van der Waals surface area contributed by atoms with Gasteiger partial charge in [0.1, 0.15) is 0 Å². The fraction of sp³-hybridized carbons (Fsp3) is 0.538. The maximum absolute atomic E-state index is 3.69. The summed E-state index contributed by atoms with van der Waals surface area (Å²) in [6.45, 7) is 0. The number of rotatable bonds is 1. The van der Waals surface area contributed by atoms with Gasteiger partial charge in [0.05, 0.1) is 0 Å². The normalized spacial score (nSPS) is 34.3. The van der Waals surface area contributed by atoms with Crippen LogP contribution in [0, 0.1) is 0 Å². The van der Waals surface area contributed by atoms with Crippen molar-refractivity contribution in [2.24, 2.45) is 0 Å². The van der Waals surface area contributed by atoms with E-state index in [0.717, 1.165) is 18.0 Å². The first kappa shape index (κ1) is 9.86. The van der Waals surface area contributed by atoms with E-state index in [1.165, 1.54) is 35.7 Å². The summed E-state index contributed by atoms with van der Waals surface area (Å²) in [5.41, 5.74) is 1.52. The third-order valence-electron chi connectivity index (χ3n) is 3.81. The van der Waals surface area contributed by atoms with E-state index in [-0.39, 0.29) is 0 Å². The molecule has 80 valence electrons. The van der Waals surface area contributed by atoms with Crippen molar-refractivity contribution in [2.45, 2.75) is 43.7 Å². The molecule has 0 aromatic heterocycles.